The Hall–Kier alpha value is -4.38. The van der Waals surface area contributed by atoms with Gasteiger partial charge in [-0.25, -0.2) is 0 Å². The molecule has 0 aliphatic heterocycles. The summed E-state index contributed by atoms with van der Waals surface area (Å²) in [7, 11) is 0. The third kappa shape index (κ3) is 6.12. The monoisotopic (exact) mass is 507 g/mol. The van der Waals surface area contributed by atoms with Crippen LogP contribution in [0.1, 0.15) is 42.0 Å². The third-order valence-corrected chi connectivity index (χ3v) is 7.06. The molecule has 0 amide bonds. The average Bonchev–Trinajstić information content (AvgIpc) is 2.94. The second kappa shape index (κ2) is 12.2. The summed E-state index contributed by atoms with van der Waals surface area (Å²) in [6.07, 6.45) is -0.0529. The molecule has 0 bridgehead atoms. The molecule has 0 heterocycles. The predicted octanol–water partition coefficient (Wildman–Crippen LogP) is 6.71. The molecule has 0 radical (unpaired) electrons. The summed E-state index contributed by atoms with van der Waals surface area (Å²) >= 11 is 0. The van der Waals surface area contributed by atoms with E-state index in [1.165, 1.54) is 11.3 Å². The van der Waals surface area contributed by atoms with Crippen molar-refractivity contribution in [2.45, 2.75) is 26.2 Å². The number of carboxylic acids is 2. The molecule has 0 aliphatic rings. The minimum atomic E-state index is -1.46. The Morgan fingerprint density at radius 1 is 0.632 bits per heavy atom. The first-order valence-corrected chi connectivity index (χ1v) is 13.0. The molecule has 1 atom stereocenters. The molecule has 4 aromatic carbocycles. The highest BCUT2D eigenvalue weighted by atomic mass is 16.4. The second-order valence-corrected chi connectivity index (χ2v) is 9.36. The molecule has 5 nitrogen and oxygen atoms in total. The van der Waals surface area contributed by atoms with Gasteiger partial charge in [-0.3, -0.25) is 9.59 Å². The summed E-state index contributed by atoms with van der Waals surface area (Å²) in [4.78, 5) is 24.9. The van der Waals surface area contributed by atoms with Crippen molar-refractivity contribution in [1.29, 1.82) is 0 Å². The van der Waals surface area contributed by atoms with Crippen LogP contribution in [0.4, 0.5) is 5.69 Å². The molecular formula is C33H33NO4. The van der Waals surface area contributed by atoms with E-state index < -0.39 is 17.9 Å². The largest absolute Gasteiger partial charge is 0.481 e. The molecule has 4 rings (SSSR count). The van der Waals surface area contributed by atoms with Gasteiger partial charge >= 0.3 is 11.9 Å². The number of rotatable bonds is 11. The minimum absolute atomic E-state index is 0.0147. The lowest BCUT2D eigenvalue weighted by Gasteiger charge is -2.21. The van der Waals surface area contributed by atoms with Gasteiger partial charge in [-0.1, -0.05) is 91.0 Å². The van der Waals surface area contributed by atoms with Gasteiger partial charge in [-0.05, 0) is 65.8 Å². The summed E-state index contributed by atoms with van der Waals surface area (Å²) < 4.78 is 0. The van der Waals surface area contributed by atoms with Gasteiger partial charge in [0.2, 0.25) is 0 Å². The highest BCUT2D eigenvalue weighted by molar-refractivity contribution is 5.93. The summed E-state index contributed by atoms with van der Waals surface area (Å²) in [5, 5.41) is 18.5. The molecule has 0 saturated heterocycles. The van der Waals surface area contributed by atoms with Crippen LogP contribution in [0.25, 0.3) is 11.1 Å². The third-order valence-electron chi connectivity index (χ3n) is 7.06. The summed E-state index contributed by atoms with van der Waals surface area (Å²) in [6, 6.07) is 35.1. The number of benzene rings is 4. The Bertz CT molecular complexity index is 1330. The van der Waals surface area contributed by atoms with Gasteiger partial charge in [0.1, 0.15) is 0 Å². The predicted molar refractivity (Wildman–Crippen MR) is 152 cm³/mol. The maximum Gasteiger partial charge on any atom is 0.318 e. The lowest BCUT2D eigenvalue weighted by atomic mass is 9.84. The highest BCUT2D eigenvalue weighted by Crippen LogP contribution is 2.34. The molecule has 1 unspecified atom stereocenters. The van der Waals surface area contributed by atoms with Crippen LogP contribution in [0.5, 0.6) is 0 Å². The van der Waals surface area contributed by atoms with Crippen LogP contribution in [0, 0.1) is 5.92 Å². The zero-order valence-corrected chi connectivity index (χ0v) is 21.7. The number of anilines is 1. The van der Waals surface area contributed by atoms with Gasteiger partial charge in [-0.2, -0.15) is 0 Å². The van der Waals surface area contributed by atoms with E-state index in [4.69, 9.17) is 0 Å². The lowest BCUT2D eigenvalue weighted by Crippen LogP contribution is -2.25. The standard InChI is InChI=1S/C33H33NO4/c1-3-34(4-2)29-20-18-25(19-21-29)24-14-16-28(17-15-24)31(26-8-6-5-7-9-26)27-12-10-23(11-13-27)22-30(32(35)36)33(37)38/h5-21,30-31H,3-4,22H2,1-2H3,(H,35,36)(H,37,38). The van der Waals surface area contributed by atoms with E-state index in [-0.39, 0.29) is 12.3 Å². The fraction of sp³-hybridized carbons (Fsp3) is 0.212. The van der Waals surface area contributed by atoms with Crippen molar-refractivity contribution in [3.8, 4) is 11.1 Å². The van der Waals surface area contributed by atoms with Crippen molar-refractivity contribution in [2.24, 2.45) is 5.92 Å². The quantitative estimate of drug-likeness (QED) is 0.174. The van der Waals surface area contributed by atoms with Gasteiger partial charge in [0.25, 0.3) is 0 Å². The SMILES string of the molecule is CCN(CC)c1ccc(-c2ccc(C(c3ccccc3)c3ccc(CC(C(=O)O)C(=O)O)cc3)cc2)cc1. The Labute approximate surface area is 224 Å². The highest BCUT2D eigenvalue weighted by Gasteiger charge is 2.26. The van der Waals surface area contributed by atoms with E-state index in [1.54, 1.807) is 0 Å². The van der Waals surface area contributed by atoms with Crippen LogP contribution < -0.4 is 4.90 Å². The van der Waals surface area contributed by atoms with Gasteiger partial charge in [-0.15, -0.1) is 0 Å². The van der Waals surface area contributed by atoms with Gasteiger partial charge in [0, 0.05) is 24.7 Å². The van der Waals surface area contributed by atoms with Crippen LogP contribution in [0.2, 0.25) is 0 Å². The van der Waals surface area contributed by atoms with E-state index in [2.05, 4.69) is 79.4 Å². The summed E-state index contributed by atoms with van der Waals surface area (Å²) in [5.74, 6) is -4.13. The number of hydrogen-bond acceptors (Lipinski definition) is 3. The zero-order valence-electron chi connectivity index (χ0n) is 21.7. The molecule has 194 valence electrons. The maximum absolute atomic E-state index is 11.3. The van der Waals surface area contributed by atoms with Crippen molar-refractivity contribution in [3.63, 3.8) is 0 Å². The molecule has 4 aromatic rings. The fourth-order valence-electron chi connectivity index (χ4n) is 4.91. The summed E-state index contributed by atoms with van der Waals surface area (Å²) in [5.41, 5.74) is 7.56. The molecule has 0 spiro atoms. The molecule has 2 N–H and O–H groups in total. The molecule has 0 saturated carbocycles. The van der Waals surface area contributed by atoms with Crippen LogP contribution in [-0.4, -0.2) is 35.2 Å². The van der Waals surface area contributed by atoms with Crippen LogP contribution in [-0.2, 0) is 16.0 Å². The number of nitrogens with zero attached hydrogens (tertiary/aromatic N) is 1. The van der Waals surface area contributed by atoms with Gasteiger partial charge < -0.3 is 15.1 Å². The Balaban J connectivity index is 1.61. The first-order valence-electron chi connectivity index (χ1n) is 13.0. The number of aliphatic carboxylic acids is 2. The fourth-order valence-corrected chi connectivity index (χ4v) is 4.91. The Morgan fingerprint density at radius 2 is 1.08 bits per heavy atom. The lowest BCUT2D eigenvalue weighted by molar-refractivity contribution is -0.154. The molecule has 0 aliphatic carbocycles. The number of carbonyl (C=O) groups is 2. The Morgan fingerprint density at radius 3 is 1.55 bits per heavy atom. The topological polar surface area (TPSA) is 77.8 Å². The first kappa shape index (κ1) is 26.7. The van der Waals surface area contributed by atoms with Crippen molar-refractivity contribution in [1.82, 2.24) is 0 Å². The van der Waals surface area contributed by atoms with Crippen molar-refractivity contribution >= 4 is 17.6 Å². The van der Waals surface area contributed by atoms with E-state index in [9.17, 15) is 19.8 Å². The van der Waals surface area contributed by atoms with Crippen LogP contribution in [0.3, 0.4) is 0 Å². The molecular weight excluding hydrogens is 474 g/mol. The zero-order chi connectivity index (χ0) is 27.1. The molecule has 5 heteroatoms. The van der Waals surface area contributed by atoms with Crippen molar-refractivity contribution in [3.05, 3.63) is 125 Å². The smallest absolute Gasteiger partial charge is 0.318 e. The van der Waals surface area contributed by atoms with E-state index in [1.807, 2.05) is 42.5 Å². The van der Waals surface area contributed by atoms with E-state index in [0.717, 1.165) is 35.3 Å². The van der Waals surface area contributed by atoms with Crippen molar-refractivity contribution < 1.29 is 19.8 Å². The molecule has 0 aromatic heterocycles. The van der Waals surface area contributed by atoms with Crippen molar-refractivity contribution in [2.75, 3.05) is 18.0 Å². The minimum Gasteiger partial charge on any atom is -0.481 e. The number of carboxylic acid groups (broad SMARTS) is 2. The van der Waals surface area contributed by atoms with Gasteiger partial charge in [0.15, 0.2) is 5.92 Å². The Kier molecular flexibility index (Phi) is 8.59. The average molecular weight is 508 g/mol. The first-order chi connectivity index (χ1) is 18.4. The van der Waals surface area contributed by atoms with E-state index >= 15 is 0 Å². The molecule has 38 heavy (non-hydrogen) atoms. The second-order valence-electron chi connectivity index (χ2n) is 9.36. The van der Waals surface area contributed by atoms with Gasteiger partial charge in [0.05, 0.1) is 0 Å². The summed E-state index contributed by atoms with van der Waals surface area (Å²) in [6.45, 7) is 6.28. The number of hydrogen-bond donors (Lipinski definition) is 2. The van der Waals surface area contributed by atoms with E-state index in [0.29, 0.717) is 5.56 Å². The van der Waals surface area contributed by atoms with Crippen LogP contribution >= 0.6 is 0 Å². The normalized spacial score (nSPS) is 11.8. The molecule has 0 fully saturated rings. The van der Waals surface area contributed by atoms with Crippen LogP contribution in [0.15, 0.2) is 103 Å². The maximum atomic E-state index is 11.3.